The smallest absolute Gasteiger partial charge is 0.339 e. The van der Waals surface area contributed by atoms with Gasteiger partial charge < -0.3 is 4.74 Å². The van der Waals surface area contributed by atoms with E-state index in [1.807, 2.05) is 0 Å². The third-order valence-electron chi connectivity index (χ3n) is 1.88. The van der Waals surface area contributed by atoms with Gasteiger partial charge >= 0.3 is 5.97 Å². The Balaban J connectivity index is 3.06. The number of carbonyl (C=O) groups excluding carboxylic acids is 1. The summed E-state index contributed by atoms with van der Waals surface area (Å²) in [5.74, 6) is -0.791. The number of carbonyl (C=O) groups is 1. The van der Waals surface area contributed by atoms with Crippen molar-refractivity contribution < 1.29 is 18.3 Å². The number of halogens is 3. The quantitative estimate of drug-likeness (QED) is 0.608. The molecule has 0 spiro atoms. The Labute approximate surface area is 96.4 Å². The largest absolute Gasteiger partial charge is 0.462 e. The molecule has 0 radical (unpaired) electrons. The fourth-order valence-electron chi connectivity index (χ4n) is 1.14. The summed E-state index contributed by atoms with van der Waals surface area (Å²) < 4.78 is 29.9. The Morgan fingerprint density at radius 3 is 2.81 bits per heavy atom. The molecule has 0 amide bonds. The Hall–Kier alpha value is -1.23. The molecule has 1 aromatic rings. The van der Waals surface area contributed by atoms with E-state index in [2.05, 4.69) is 9.72 Å². The maximum absolute atomic E-state index is 12.6. The van der Waals surface area contributed by atoms with Gasteiger partial charge in [0.1, 0.15) is 0 Å². The van der Waals surface area contributed by atoms with Gasteiger partial charge in [0.25, 0.3) is 6.43 Å². The first-order valence-electron chi connectivity index (χ1n) is 4.60. The van der Waals surface area contributed by atoms with Crippen molar-refractivity contribution in [2.24, 2.45) is 0 Å². The van der Waals surface area contributed by atoms with E-state index in [0.717, 1.165) is 6.07 Å². The van der Waals surface area contributed by atoms with Gasteiger partial charge in [-0.1, -0.05) is 0 Å². The summed E-state index contributed by atoms with van der Waals surface area (Å²) in [6.07, 6.45) is -1.53. The van der Waals surface area contributed by atoms with Crippen LogP contribution in [0.4, 0.5) is 8.78 Å². The lowest BCUT2D eigenvalue weighted by molar-refractivity contribution is 0.0525. The third-order valence-corrected chi connectivity index (χ3v) is 2.13. The molecule has 1 heterocycles. The molecular weight excluding hydrogens is 240 g/mol. The highest BCUT2D eigenvalue weighted by atomic mass is 35.5. The minimum absolute atomic E-state index is 0.00557. The van der Waals surface area contributed by atoms with Crippen LogP contribution in [0.15, 0.2) is 12.3 Å². The molecule has 0 saturated carbocycles. The summed E-state index contributed by atoms with van der Waals surface area (Å²) in [7, 11) is 0. The first kappa shape index (κ1) is 12.8. The van der Waals surface area contributed by atoms with Crippen molar-refractivity contribution in [2.45, 2.75) is 19.2 Å². The fourth-order valence-corrected chi connectivity index (χ4v) is 1.36. The van der Waals surface area contributed by atoms with Crippen molar-refractivity contribution in [3.63, 3.8) is 0 Å². The molecule has 1 aromatic heterocycles. The Morgan fingerprint density at radius 1 is 1.62 bits per heavy atom. The zero-order valence-corrected chi connectivity index (χ0v) is 9.30. The highest BCUT2D eigenvalue weighted by Crippen LogP contribution is 2.24. The number of ether oxygens (including phenoxy) is 1. The second-order valence-electron chi connectivity index (χ2n) is 2.91. The van der Waals surface area contributed by atoms with Crippen LogP contribution in [0.5, 0.6) is 0 Å². The summed E-state index contributed by atoms with van der Waals surface area (Å²) >= 11 is 5.46. The second kappa shape index (κ2) is 5.75. The molecule has 0 fully saturated rings. The molecule has 1 rings (SSSR count). The normalized spacial score (nSPS) is 10.6. The summed E-state index contributed by atoms with van der Waals surface area (Å²) in [4.78, 5) is 15.0. The van der Waals surface area contributed by atoms with Gasteiger partial charge in [-0.2, -0.15) is 0 Å². The number of nitrogens with zero attached hydrogens (tertiary/aromatic N) is 1. The lowest BCUT2D eigenvalue weighted by atomic mass is 10.1. The molecule has 16 heavy (non-hydrogen) atoms. The molecule has 6 heteroatoms. The Bertz CT molecular complexity index is 385. The van der Waals surface area contributed by atoms with Crippen molar-refractivity contribution >= 4 is 17.6 Å². The molecular formula is C10H10ClF2NO2. The average Bonchev–Trinajstić information content (AvgIpc) is 2.28. The van der Waals surface area contributed by atoms with E-state index in [4.69, 9.17) is 11.6 Å². The van der Waals surface area contributed by atoms with Gasteiger partial charge in [0, 0.05) is 11.8 Å². The van der Waals surface area contributed by atoms with Crippen molar-refractivity contribution in [3.8, 4) is 0 Å². The van der Waals surface area contributed by atoms with E-state index in [1.54, 1.807) is 6.92 Å². The predicted octanol–water partition coefficient (Wildman–Crippen LogP) is 2.93. The van der Waals surface area contributed by atoms with Crippen LogP contribution in [0.2, 0.25) is 0 Å². The number of hydrogen-bond donors (Lipinski definition) is 0. The molecule has 0 aliphatic heterocycles. The number of pyridine rings is 1. The van der Waals surface area contributed by atoms with E-state index in [1.165, 1.54) is 6.20 Å². The molecule has 0 saturated heterocycles. The molecule has 0 unspecified atom stereocenters. The van der Waals surface area contributed by atoms with Crippen molar-refractivity contribution in [2.75, 3.05) is 6.61 Å². The van der Waals surface area contributed by atoms with Crippen molar-refractivity contribution in [1.29, 1.82) is 0 Å². The van der Waals surface area contributed by atoms with Gasteiger partial charge in [-0.25, -0.2) is 13.6 Å². The minimum Gasteiger partial charge on any atom is -0.462 e. The SMILES string of the molecule is CCOC(=O)c1cnc(CCl)c(C(F)F)c1. The van der Waals surface area contributed by atoms with E-state index in [-0.39, 0.29) is 29.3 Å². The highest BCUT2D eigenvalue weighted by molar-refractivity contribution is 6.17. The van der Waals surface area contributed by atoms with E-state index in [0.29, 0.717) is 0 Å². The maximum atomic E-state index is 12.6. The predicted molar refractivity (Wildman–Crippen MR) is 54.7 cm³/mol. The van der Waals surface area contributed by atoms with Crippen molar-refractivity contribution in [1.82, 2.24) is 4.98 Å². The molecule has 3 nitrogen and oxygen atoms in total. The highest BCUT2D eigenvalue weighted by Gasteiger charge is 2.17. The van der Waals surface area contributed by atoms with Crippen molar-refractivity contribution in [3.05, 3.63) is 29.1 Å². The zero-order chi connectivity index (χ0) is 12.1. The summed E-state index contributed by atoms with van der Waals surface area (Å²) in [6.45, 7) is 1.81. The van der Waals surface area contributed by atoms with Crippen LogP contribution in [0.1, 0.15) is 35.0 Å². The van der Waals surface area contributed by atoms with Crippen LogP contribution in [0.3, 0.4) is 0 Å². The van der Waals surface area contributed by atoms with Crippen LogP contribution in [-0.2, 0) is 10.6 Å². The van der Waals surface area contributed by atoms with Gasteiger partial charge in [0.2, 0.25) is 0 Å². The number of rotatable bonds is 4. The molecule has 0 aliphatic rings. The summed E-state index contributed by atoms with van der Waals surface area (Å²) in [6, 6.07) is 1.06. The Morgan fingerprint density at radius 2 is 2.31 bits per heavy atom. The minimum atomic E-state index is -2.71. The van der Waals surface area contributed by atoms with Gasteiger partial charge in [-0.15, -0.1) is 11.6 Å². The second-order valence-corrected chi connectivity index (χ2v) is 3.18. The van der Waals surface area contributed by atoms with Crippen LogP contribution in [0.25, 0.3) is 0 Å². The molecule has 88 valence electrons. The van der Waals surface area contributed by atoms with Crippen LogP contribution >= 0.6 is 11.6 Å². The maximum Gasteiger partial charge on any atom is 0.339 e. The number of alkyl halides is 3. The first-order valence-corrected chi connectivity index (χ1v) is 5.13. The Kier molecular flexibility index (Phi) is 4.61. The van der Waals surface area contributed by atoms with Crippen LogP contribution in [0, 0.1) is 0 Å². The molecule has 0 aliphatic carbocycles. The first-order chi connectivity index (χ1) is 7.60. The third kappa shape index (κ3) is 2.88. The van der Waals surface area contributed by atoms with Gasteiger partial charge in [-0.05, 0) is 13.0 Å². The monoisotopic (exact) mass is 249 g/mol. The lowest BCUT2D eigenvalue weighted by Gasteiger charge is -2.07. The molecule has 0 bridgehead atoms. The number of aromatic nitrogens is 1. The average molecular weight is 250 g/mol. The standard InChI is InChI=1S/C10H10ClF2NO2/c1-2-16-10(15)6-3-7(9(12)13)8(4-11)14-5-6/h3,5,9H,2,4H2,1H3. The number of hydrogen-bond acceptors (Lipinski definition) is 3. The summed E-state index contributed by atoms with van der Waals surface area (Å²) in [5.41, 5.74) is -0.253. The lowest BCUT2D eigenvalue weighted by Crippen LogP contribution is -2.07. The fraction of sp³-hybridized carbons (Fsp3) is 0.400. The number of esters is 1. The molecule has 0 aromatic carbocycles. The molecule has 0 N–H and O–H groups in total. The topological polar surface area (TPSA) is 39.2 Å². The van der Waals surface area contributed by atoms with Crippen LogP contribution < -0.4 is 0 Å². The van der Waals surface area contributed by atoms with Crippen LogP contribution in [-0.4, -0.2) is 17.6 Å². The summed E-state index contributed by atoms with van der Waals surface area (Å²) in [5, 5.41) is 0. The van der Waals surface area contributed by atoms with Gasteiger partial charge in [0.15, 0.2) is 0 Å². The van der Waals surface area contributed by atoms with Gasteiger partial charge in [-0.3, -0.25) is 4.98 Å². The van der Waals surface area contributed by atoms with E-state index < -0.39 is 12.4 Å². The van der Waals surface area contributed by atoms with Gasteiger partial charge in [0.05, 0.1) is 23.7 Å². The van der Waals surface area contributed by atoms with E-state index >= 15 is 0 Å². The molecule has 0 atom stereocenters. The zero-order valence-electron chi connectivity index (χ0n) is 8.54. The van der Waals surface area contributed by atoms with E-state index in [9.17, 15) is 13.6 Å².